The molecule has 2 aromatic rings. The summed E-state index contributed by atoms with van der Waals surface area (Å²) < 4.78 is 16.0. The van der Waals surface area contributed by atoms with E-state index < -0.39 is 0 Å². The van der Waals surface area contributed by atoms with Gasteiger partial charge < -0.3 is 14.2 Å². The third-order valence-electron chi connectivity index (χ3n) is 3.19. The fourth-order valence-electron chi connectivity index (χ4n) is 1.97. The SMILES string of the molecule is CCOC(=O)c1ccc(OCc2ccc(C)cc2)c(OC)c1. The van der Waals surface area contributed by atoms with Gasteiger partial charge in [0.25, 0.3) is 0 Å². The van der Waals surface area contributed by atoms with Crippen LogP contribution in [0.25, 0.3) is 0 Å². The zero-order chi connectivity index (χ0) is 15.9. The van der Waals surface area contributed by atoms with Crippen LogP contribution >= 0.6 is 0 Å². The molecule has 2 rings (SSSR count). The van der Waals surface area contributed by atoms with Crippen LogP contribution in [0.15, 0.2) is 42.5 Å². The number of rotatable bonds is 6. The first-order valence-corrected chi connectivity index (χ1v) is 7.17. The number of benzene rings is 2. The third-order valence-corrected chi connectivity index (χ3v) is 3.19. The number of hydrogen-bond donors (Lipinski definition) is 0. The summed E-state index contributed by atoms with van der Waals surface area (Å²) in [6, 6.07) is 13.1. The van der Waals surface area contributed by atoms with Gasteiger partial charge in [0.15, 0.2) is 11.5 Å². The summed E-state index contributed by atoms with van der Waals surface area (Å²) in [6.07, 6.45) is 0. The van der Waals surface area contributed by atoms with Gasteiger partial charge >= 0.3 is 5.97 Å². The average molecular weight is 300 g/mol. The molecule has 0 saturated carbocycles. The lowest BCUT2D eigenvalue weighted by Crippen LogP contribution is -2.05. The Hall–Kier alpha value is -2.49. The van der Waals surface area contributed by atoms with Crippen LogP contribution in [0.1, 0.15) is 28.4 Å². The molecular formula is C18H20O4. The molecule has 4 nitrogen and oxygen atoms in total. The molecule has 0 fully saturated rings. The molecule has 0 unspecified atom stereocenters. The molecule has 2 aromatic carbocycles. The predicted molar refractivity (Wildman–Crippen MR) is 84.5 cm³/mol. The molecule has 0 atom stereocenters. The maximum absolute atomic E-state index is 11.7. The van der Waals surface area contributed by atoms with Gasteiger partial charge in [-0.05, 0) is 37.6 Å². The Balaban J connectivity index is 2.10. The molecular weight excluding hydrogens is 280 g/mol. The van der Waals surface area contributed by atoms with E-state index in [0.717, 1.165) is 5.56 Å². The monoisotopic (exact) mass is 300 g/mol. The van der Waals surface area contributed by atoms with Crippen LogP contribution in [0.3, 0.4) is 0 Å². The molecule has 0 aliphatic rings. The lowest BCUT2D eigenvalue weighted by Gasteiger charge is -2.12. The molecule has 0 aliphatic carbocycles. The van der Waals surface area contributed by atoms with E-state index in [2.05, 4.69) is 0 Å². The summed E-state index contributed by atoms with van der Waals surface area (Å²) in [5, 5.41) is 0. The molecule has 116 valence electrons. The van der Waals surface area contributed by atoms with Crippen molar-refractivity contribution in [2.24, 2.45) is 0 Å². The van der Waals surface area contributed by atoms with Gasteiger partial charge in [-0.25, -0.2) is 4.79 Å². The molecule has 0 N–H and O–H groups in total. The minimum atomic E-state index is -0.370. The highest BCUT2D eigenvalue weighted by Crippen LogP contribution is 2.29. The number of carbonyl (C=O) groups excluding carboxylic acids is 1. The Bertz CT molecular complexity index is 632. The van der Waals surface area contributed by atoms with Gasteiger partial charge in [-0.1, -0.05) is 29.8 Å². The summed E-state index contributed by atoms with van der Waals surface area (Å²) >= 11 is 0. The Morgan fingerprint density at radius 3 is 2.41 bits per heavy atom. The Labute approximate surface area is 130 Å². The van der Waals surface area contributed by atoms with Gasteiger partial charge in [0.2, 0.25) is 0 Å². The van der Waals surface area contributed by atoms with Crippen LogP contribution < -0.4 is 9.47 Å². The molecule has 0 amide bonds. The molecule has 0 aliphatic heterocycles. The maximum atomic E-state index is 11.7. The van der Waals surface area contributed by atoms with Crippen LogP contribution in [0.2, 0.25) is 0 Å². The lowest BCUT2D eigenvalue weighted by atomic mass is 10.1. The van der Waals surface area contributed by atoms with Crippen molar-refractivity contribution in [1.29, 1.82) is 0 Å². The normalized spacial score (nSPS) is 10.1. The van der Waals surface area contributed by atoms with E-state index in [1.54, 1.807) is 32.2 Å². The van der Waals surface area contributed by atoms with Crippen molar-refractivity contribution in [1.82, 2.24) is 0 Å². The van der Waals surface area contributed by atoms with E-state index in [-0.39, 0.29) is 5.97 Å². The standard InChI is InChI=1S/C18H20O4/c1-4-21-18(19)15-9-10-16(17(11-15)20-3)22-12-14-7-5-13(2)6-8-14/h5-11H,4,12H2,1-3H3. The minimum absolute atomic E-state index is 0.340. The molecule has 0 bridgehead atoms. The first-order valence-electron chi connectivity index (χ1n) is 7.17. The van der Waals surface area contributed by atoms with Crippen LogP contribution in [-0.4, -0.2) is 19.7 Å². The fourth-order valence-corrected chi connectivity index (χ4v) is 1.97. The predicted octanol–water partition coefficient (Wildman–Crippen LogP) is 3.76. The fraction of sp³-hybridized carbons (Fsp3) is 0.278. The van der Waals surface area contributed by atoms with E-state index >= 15 is 0 Å². The summed E-state index contributed by atoms with van der Waals surface area (Å²) in [7, 11) is 1.54. The van der Waals surface area contributed by atoms with Crippen LogP contribution in [0.4, 0.5) is 0 Å². The number of aryl methyl sites for hydroxylation is 1. The summed E-state index contributed by atoms with van der Waals surface area (Å²) in [4.78, 5) is 11.7. The Morgan fingerprint density at radius 2 is 1.77 bits per heavy atom. The minimum Gasteiger partial charge on any atom is -0.493 e. The number of methoxy groups -OCH3 is 1. The highest BCUT2D eigenvalue weighted by molar-refractivity contribution is 5.90. The Morgan fingerprint density at radius 1 is 1.05 bits per heavy atom. The number of carbonyl (C=O) groups is 1. The topological polar surface area (TPSA) is 44.8 Å². The van der Waals surface area contributed by atoms with Crippen molar-refractivity contribution >= 4 is 5.97 Å². The van der Waals surface area contributed by atoms with Crippen LogP contribution in [0, 0.1) is 6.92 Å². The zero-order valence-electron chi connectivity index (χ0n) is 13.1. The van der Waals surface area contributed by atoms with Crippen molar-refractivity contribution < 1.29 is 19.0 Å². The number of hydrogen-bond acceptors (Lipinski definition) is 4. The largest absolute Gasteiger partial charge is 0.493 e. The summed E-state index contributed by atoms with van der Waals surface area (Å²) in [5.41, 5.74) is 2.73. The summed E-state index contributed by atoms with van der Waals surface area (Å²) in [5.74, 6) is 0.736. The highest BCUT2D eigenvalue weighted by Gasteiger charge is 2.12. The van der Waals surface area contributed by atoms with Gasteiger partial charge in [0, 0.05) is 0 Å². The van der Waals surface area contributed by atoms with Crippen molar-refractivity contribution in [3.8, 4) is 11.5 Å². The van der Waals surface area contributed by atoms with Gasteiger partial charge in [-0.2, -0.15) is 0 Å². The van der Waals surface area contributed by atoms with Crippen LogP contribution in [0.5, 0.6) is 11.5 Å². The first-order chi connectivity index (χ1) is 10.6. The van der Waals surface area contributed by atoms with E-state index in [9.17, 15) is 4.79 Å². The number of ether oxygens (including phenoxy) is 3. The summed E-state index contributed by atoms with van der Waals surface area (Å²) in [6.45, 7) is 4.60. The Kier molecular flexibility index (Phi) is 5.42. The quantitative estimate of drug-likeness (QED) is 0.762. The van der Waals surface area contributed by atoms with Crippen LogP contribution in [-0.2, 0) is 11.3 Å². The third kappa shape index (κ3) is 4.01. The average Bonchev–Trinajstić information content (AvgIpc) is 2.54. The second-order valence-electron chi connectivity index (χ2n) is 4.86. The second-order valence-corrected chi connectivity index (χ2v) is 4.86. The van der Waals surface area contributed by atoms with E-state index in [4.69, 9.17) is 14.2 Å². The van der Waals surface area contributed by atoms with Crippen molar-refractivity contribution in [2.45, 2.75) is 20.5 Å². The van der Waals surface area contributed by atoms with E-state index in [1.165, 1.54) is 5.56 Å². The van der Waals surface area contributed by atoms with Gasteiger partial charge in [-0.15, -0.1) is 0 Å². The zero-order valence-corrected chi connectivity index (χ0v) is 13.1. The highest BCUT2D eigenvalue weighted by atomic mass is 16.5. The molecule has 0 saturated heterocycles. The molecule has 22 heavy (non-hydrogen) atoms. The van der Waals surface area contributed by atoms with E-state index in [1.807, 2.05) is 31.2 Å². The smallest absolute Gasteiger partial charge is 0.338 e. The van der Waals surface area contributed by atoms with Gasteiger partial charge in [0.1, 0.15) is 6.61 Å². The van der Waals surface area contributed by atoms with Gasteiger partial charge in [0.05, 0.1) is 19.3 Å². The molecule has 4 heteroatoms. The first kappa shape index (κ1) is 15.9. The molecule has 0 spiro atoms. The lowest BCUT2D eigenvalue weighted by molar-refractivity contribution is 0.0526. The second kappa shape index (κ2) is 7.50. The maximum Gasteiger partial charge on any atom is 0.338 e. The van der Waals surface area contributed by atoms with Crippen molar-refractivity contribution in [2.75, 3.05) is 13.7 Å². The molecule has 0 heterocycles. The molecule has 0 aromatic heterocycles. The van der Waals surface area contributed by atoms with Crippen molar-refractivity contribution in [3.05, 3.63) is 59.2 Å². The molecule has 0 radical (unpaired) electrons. The van der Waals surface area contributed by atoms with Crippen molar-refractivity contribution in [3.63, 3.8) is 0 Å². The number of esters is 1. The van der Waals surface area contributed by atoms with E-state index in [0.29, 0.717) is 30.3 Å². The van der Waals surface area contributed by atoms with Gasteiger partial charge in [-0.3, -0.25) is 0 Å².